The fourth-order valence-electron chi connectivity index (χ4n) is 1.39. The highest BCUT2D eigenvalue weighted by molar-refractivity contribution is 5.38. The Balaban J connectivity index is 2.72. The lowest BCUT2D eigenvalue weighted by molar-refractivity contribution is -0.139. The summed E-state index contributed by atoms with van der Waals surface area (Å²) in [5.41, 5.74) is 1.37. The number of aryl methyl sites for hydroxylation is 1. The Morgan fingerprint density at radius 3 is 2.53 bits per heavy atom. The first-order valence-electron chi connectivity index (χ1n) is 5.28. The Morgan fingerprint density at radius 2 is 2.00 bits per heavy atom. The van der Waals surface area contributed by atoms with Crippen LogP contribution in [0.1, 0.15) is 30.6 Å². The summed E-state index contributed by atoms with van der Waals surface area (Å²) in [6.45, 7) is 2.91. The van der Waals surface area contributed by atoms with E-state index in [1.807, 2.05) is 6.92 Å². The van der Waals surface area contributed by atoms with Gasteiger partial charge in [-0.05, 0) is 25.5 Å². The summed E-state index contributed by atoms with van der Waals surface area (Å²) >= 11 is 0. The fourth-order valence-corrected chi connectivity index (χ4v) is 1.39. The average molecular weight is 248 g/mol. The quantitative estimate of drug-likeness (QED) is 0.885. The van der Waals surface area contributed by atoms with E-state index in [0.29, 0.717) is 11.3 Å². The molecule has 1 rings (SSSR count). The number of hydrogen-bond acceptors (Lipinski definition) is 2. The van der Waals surface area contributed by atoms with Crippen LogP contribution >= 0.6 is 0 Å². The average Bonchev–Trinajstić information content (AvgIpc) is 2.15. The van der Waals surface area contributed by atoms with Crippen LogP contribution in [0.25, 0.3) is 0 Å². The standard InChI is InChI=1S/C12H15F3O2/c1-8-3-4-10(9(2)16)11(7-8)17-6-5-12(13,14)15/h3-4,7,9,16H,5-6H2,1-2H3. The molecule has 0 bridgehead atoms. The van der Waals surface area contributed by atoms with Gasteiger partial charge >= 0.3 is 6.18 Å². The highest BCUT2D eigenvalue weighted by Crippen LogP contribution is 2.27. The van der Waals surface area contributed by atoms with Gasteiger partial charge < -0.3 is 9.84 Å². The van der Waals surface area contributed by atoms with Gasteiger partial charge in [0.05, 0.1) is 19.1 Å². The second-order valence-corrected chi connectivity index (χ2v) is 3.93. The highest BCUT2D eigenvalue weighted by Gasteiger charge is 2.27. The number of alkyl halides is 3. The molecule has 0 saturated carbocycles. The number of halogens is 3. The maximum Gasteiger partial charge on any atom is 0.392 e. The van der Waals surface area contributed by atoms with Gasteiger partial charge in [0, 0.05) is 5.56 Å². The molecule has 0 heterocycles. The van der Waals surface area contributed by atoms with Crippen LogP contribution in [0.3, 0.4) is 0 Å². The first kappa shape index (κ1) is 13.8. The van der Waals surface area contributed by atoms with Gasteiger partial charge in [-0.2, -0.15) is 13.2 Å². The molecule has 0 aliphatic heterocycles. The summed E-state index contributed by atoms with van der Waals surface area (Å²) in [7, 11) is 0. The molecule has 1 unspecified atom stereocenters. The molecular weight excluding hydrogens is 233 g/mol. The number of aliphatic hydroxyl groups excluding tert-OH is 1. The summed E-state index contributed by atoms with van der Waals surface area (Å²) in [5, 5.41) is 9.45. The lowest BCUT2D eigenvalue weighted by Gasteiger charge is -2.14. The van der Waals surface area contributed by atoms with Crippen molar-refractivity contribution in [3.05, 3.63) is 29.3 Å². The molecule has 5 heteroatoms. The van der Waals surface area contributed by atoms with Crippen LogP contribution in [0.15, 0.2) is 18.2 Å². The zero-order valence-corrected chi connectivity index (χ0v) is 9.71. The van der Waals surface area contributed by atoms with Crippen molar-refractivity contribution in [2.45, 2.75) is 32.5 Å². The molecule has 1 aromatic carbocycles. The Hall–Kier alpha value is -1.23. The van der Waals surface area contributed by atoms with Crippen LogP contribution in [0, 0.1) is 6.92 Å². The molecule has 0 aliphatic rings. The Labute approximate surface area is 98.0 Å². The van der Waals surface area contributed by atoms with E-state index in [1.54, 1.807) is 25.1 Å². The van der Waals surface area contributed by atoms with Crippen molar-refractivity contribution in [2.24, 2.45) is 0 Å². The maximum atomic E-state index is 12.0. The Bertz CT molecular complexity index is 373. The van der Waals surface area contributed by atoms with Gasteiger partial charge in [0.25, 0.3) is 0 Å². The SMILES string of the molecule is Cc1ccc(C(C)O)c(OCCC(F)(F)F)c1. The summed E-state index contributed by atoms with van der Waals surface area (Å²) < 4.78 is 41.0. The summed E-state index contributed by atoms with van der Waals surface area (Å²) in [4.78, 5) is 0. The maximum absolute atomic E-state index is 12.0. The van der Waals surface area contributed by atoms with Crippen molar-refractivity contribution in [1.29, 1.82) is 0 Å². The minimum absolute atomic E-state index is 0.309. The lowest BCUT2D eigenvalue weighted by atomic mass is 10.1. The third kappa shape index (κ3) is 4.65. The van der Waals surface area contributed by atoms with E-state index in [0.717, 1.165) is 5.56 Å². The van der Waals surface area contributed by atoms with Gasteiger partial charge in [0.1, 0.15) is 5.75 Å². The Morgan fingerprint density at radius 1 is 1.35 bits per heavy atom. The van der Waals surface area contributed by atoms with Crippen molar-refractivity contribution in [3.63, 3.8) is 0 Å². The van der Waals surface area contributed by atoms with Gasteiger partial charge in [-0.1, -0.05) is 12.1 Å². The van der Waals surface area contributed by atoms with Gasteiger partial charge in [-0.15, -0.1) is 0 Å². The van der Waals surface area contributed by atoms with E-state index in [2.05, 4.69) is 0 Å². The molecule has 1 atom stereocenters. The minimum Gasteiger partial charge on any atom is -0.493 e. The van der Waals surface area contributed by atoms with Crippen molar-refractivity contribution in [1.82, 2.24) is 0 Å². The zero-order valence-electron chi connectivity index (χ0n) is 9.71. The Kier molecular flexibility index (Phi) is 4.40. The molecule has 96 valence electrons. The van der Waals surface area contributed by atoms with Crippen molar-refractivity contribution >= 4 is 0 Å². The molecule has 17 heavy (non-hydrogen) atoms. The smallest absolute Gasteiger partial charge is 0.392 e. The summed E-state index contributed by atoms with van der Waals surface area (Å²) in [6, 6.07) is 5.06. The van der Waals surface area contributed by atoms with E-state index in [-0.39, 0.29) is 0 Å². The van der Waals surface area contributed by atoms with Crippen molar-refractivity contribution in [2.75, 3.05) is 6.61 Å². The highest BCUT2D eigenvalue weighted by atomic mass is 19.4. The van der Waals surface area contributed by atoms with E-state index in [4.69, 9.17) is 4.74 Å². The van der Waals surface area contributed by atoms with Crippen LogP contribution in [-0.2, 0) is 0 Å². The van der Waals surface area contributed by atoms with Crippen LogP contribution in [-0.4, -0.2) is 17.9 Å². The van der Waals surface area contributed by atoms with Gasteiger partial charge in [-0.3, -0.25) is 0 Å². The number of aliphatic hydroxyl groups is 1. The predicted octanol–water partition coefficient (Wildman–Crippen LogP) is 3.38. The first-order valence-corrected chi connectivity index (χ1v) is 5.28. The number of ether oxygens (including phenoxy) is 1. The van der Waals surface area contributed by atoms with Gasteiger partial charge in [-0.25, -0.2) is 0 Å². The molecule has 0 spiro atoms. The first-order chi connectivity index (χ1) is 7.79. The molecule has 1 aromatic rings. The van der Waals surface area contributed by atoms with E-state index < -0.39 is 25.3 Å². The van der Waals surface area contributed by atoms with Crippen LogP contribution in [0.4, 0.5) is 13.2 Å². The number of hydrogen-bond donors (Lipinski definition) is 1. The molecule has 0 fully saturated rings. The second kappa shape index (κ2) is 5.40. The third-order valence-corrected chi connectivity index (χ3v) is 2.26. The van der Waals surface area contributed by atoms with Crippen molar-refractivity contribution in [3.8, 4) is 5.75 Å². The predicted molar refractivity (Wildman–Crippen MR) is 58.0 cm³/mol. The van der Waals surface area contributed by atoms with Crippen LogP contribution in [0.2, 0.25) is 0 Å². The molecule has 0 amide bonds. The molecule has 0 saturated heterocycles. The molecule has 0 radical (unpaired) electrons. The normalized spacial score (nSPS) is 13.5. The van der Waals surface area contributed by atoms with Crippen LogP contribution < -0.4 is 4.74 Å². The van der Waals surface area contributed by atoms with Gasteiger partial charge in [0.2, 0.25) is 0 Å². The van der Waals surface area contributed by atoms with E-state index in [1.165, 1.54) is 0 Å². The second-order valence-electron chi connectivity index (χ2n) is 3.93. The molecule has 0 aromatic heterocycles. The molecule has 2 nitrogen and oxygen atoms in total. The fraction of sp³-hybridized carbons (Fsp3) is 0.500. The minimum atomic E-state index is -4.23. The van der Waals surface area contributed by atoms with E-state index >= 15 is 0 Å². The molecule has 0 aliphatic carbocycles. The number of rotatable bonds is 4. The monoisotopic (exact) mass is 248 g/mol. The number of benzene rings is 1. The third-order valence-electron chi connectivity index (χ3n) is 2.26. The molecular formula is C12H15F3O2. The van der Waals surface area contributed by atoms with Crippen LogP contribution in [0.5, 0.6) is 5.75 Å². The lowest BCUT2D eigenvalue weighted by Crippen LogP contribution is -2.13. The zero-order chi connectivity index (χ0) is 13.1. The van der Waals surface area contributed by atoms with E-state index in [9.17, 15) is 18.3 Å². The summed E-state index contributed by atoms with van der Waals surface area (Å²) in [5.74, 6) is 0.309. The largest absolute Gasteiger partial charge is 0.493 e. The topological polar surface area (TPSA) is 29.5 Å². The van der Waals surface area contributed by atoms with Gasteiger partial charge in [0.15, 0.2) is 0 Å². The van der Waals surface area contributed by atoms with Crippen molar-refractivity contribution < 1.29 is 23.0 Å². The molecule has 1 N–H and O–H groups in total. The summed E-state index contributed by atoms with van der Waals surface area (Å²) in [6.07, 6.45) is -5.99.